The highest BCUT2D eigenvalue weighted by Gasteiger charge is 2.29. The number of Topliss-reactive ketones (excluding diaryl/α,β-unsaturated/α-hetero) is 1. The SMILES string of the molecule is C=CN=C(C=C)CN1CCC([C@@H](C)n2c(C)c(C(=O)CCc3c(OC)cc(C)[nH]c3=O)c3ccccc32)CC1. The Kier molecular flexibility index (Phi) is 9.02. The van der Waals surface area contributed by atoms with E-state index in [0.29, 0.717) is 23.7 Å². The molecule has 1 N–H and O–H groups in total. The molecule has 3 heterocycles. The van der Waals surface area contributed by atoms with Gasteiger partial charge in [0.25, 0.3) is 5.56 Å². The van der Waals surface area contributed by atoms with Crippen LogP contribution in [0.3, 0.4) is 0 Å². The minimum Gasteiger partial charge on any atom is -0.496 e. The number of rotatable bonds is 11. The molecule has 0 aliphatic carbocycles. The Morgan fingerprint density at radius 1 is 1.23 bits per heavy atom. The van der Waals surface area contributed by atoms with Gasteiger partial charge in [0.15, 0.2) is 5.78 Å². The summed E-state index contributed by atoms with van der Waals surface area (Å²) < 4.78 is 7.79. The molecule has 1 aliphatic heterocycles. The number of hydrogen-bond donors (Lipinski definition) is 1. The molecule has 2 aromatic heterocycles. The average Bonchev–Trinajstić information content (AvgIpc) is 3.23. The number of ether oxygens (including phenoxy) is 1. The van der Waals surface area contributed by atoms with Crippen LogP contribution in [0.1, 0.15) is 59.5 Å². The summed E-state index contributed by atoms with van der Waals surface area (Å²) in [5.74, 6) is 1.07. The number of nitrogens with zero attached hydrogens (tertiary/aromatic N) is 3. The van der Waals surface area contributed by atoms with Gasteiger partial charge in [-0.15, -0.1) is 0 Å². The van der Waals surface area contributed by atoms with E-state index in [0.717, 1.165) is 66.0 Å². The lowest BCUT2D eigenvalue weighted by molar-refractivity contribution is 0.0983. The molecule has 0 amide bonds. The maximum Gasteiger partial charge on any atom is 0.255 e. The molecule has 1 aliphatic rings. The molecule has 0 saturated carbocycles. The van der Waals surface area contributed by atoms with Crippen LogP contribution in [0.15, 0.2) is 65.6 Å². The van der Waals surface area contributed by atoms with Gasteiger partial charge in [-0.2, -0.15) is 0 Å². The van der Waals surface area contributed by atoms with Crippen molar-refractivity contribution in [3.8, 4) is 5.75 Å². The zero-order chi connectivity index (χ0) is 28.1. The second-order valence-corrected chi connectivity index (χ2v) is 10.5. The Hall–Kier alpha value is -3.71. The maximum atomic E-state index is 13.7. The van der Waals surface area contributed by atoms with Crippen molar-refractivity contribution in [1.29, 1.82) is 0 Å². The first-order valence-corrected chi connectivity index (χ1v) is 13.7. The third-order valence-corrected chi connectivity index (χ3v) is 8.09. The van der Waals surface area contributed by atoms with Crippen molar-refractivity contribution in [2.75, 3.05) is 26.7 Å². The van der Waals surface area contributed by atoms with E-state index < -0.39 is 0 Å². The van der Waals surface area contributed by atoms with Crippen LogP contribution in [0.2, 0.25) is 0 Å². The molecule has 0 bridgehead atoms. The predicted molar refractivity (Wildman–Crippen MR) is 159 cm³/mol. The fourth-order valence-corrected chi connectivity index (χ4v) is 6.05. The molecule has 1 fully saturated rings. The molecule has 0 spiro atoms. The van der Waals surface area contributed by atoms with Crippen LogP contribution in [0.4, 0.5) is 0 Å². The normalized spacial score (nSPS) is 15.8. The summed E-state index contributed by atoms with van der Waals surface area (Å²) in [5.41, 5.74) is 4.83. The molecule has 0 unspecified atom stereocenters. The summed E-state index contributed by atoms with van der Waals surface area (Å²) in [4.78, 5) is 35.8. The van der Waals surface area contributed by atoms with E-state index in [9.17, 15) is 9.59 Å². The van der Waals surface area contributed by atoms with Crippen LogP contribution in [0.5, 0.6) is 5.75 Å². The first kappa shape index (κ1) is 28.3. The number of aliphatic imine (C=N–C) groups is 1. The van der Waals surface area contributed by atoms with Gasteiger partial charge in [-0.05, 0) is 77.2 Å². The third kappa shape index (κ3) is 5.98. The number of ketones is 1. The van der Waals surface area contributed by atoms with Gasteiger partial charge in [-0.3, -0.25) is 19.5 Å². The monoisotopic (exact) mass is 528 g/mol. The van der Waals surface area contributed by atoms with Gasteiger partial charge in [0, 0.05) is 53.1 Å². The molecular formula is C32H40N4O3. The van der Waals surface area contributed by atoms with Crippen LogP contribution >= 0.6 is 0 Å². The number of aryl methyl sites for hydroxylation is 1. The zero-order valence-corrected chi connectivity index (χ0v) is 23.6. The van der Waals surface area contributed by atoms with E-state index in [2.05, 4.69) is 52.5 Å². The number of nitrogens with one attached hydrogen (secondary N) is 1. The van der Waals surface area contributed by atoms with Crippen molar-refractivity contribution in [3.05, 3.63) is 88.6 Å². The average molecular weight is 529 g/mol. The summed E-state index contributed by atoms with van der Waals surface area (Å²) in [6, 6.07) is 10.2. The van der Waals surface area contributed by atoms with Crippen molar-refractivity contribution in [2.24, 2.45) is 10.9 Å². The van der Waals surface area contributed by atoms with Crippen LogP contribution in [0, 0.1) is 19.8 Å². The maximum absolute atomic E-state index is 13.7. The number of aromatic amines is 1. The highest BCUT2D eigenvalue weighted by Crippen LogP contribution is 2.36. The largest absolute Gasteiger partial charge is 0.496 e. The van der Waals surface area contributed by atoms with Gasteiger partial charge in [-0.25, -0.2) is 0 Å². The summed E-state index contributed by atoms with van der Waals surface area (Å²) in [6.07, 6.45) is 6.08. The lowest BCUT2D eigenvalue weighted by Crippen LogP contribution is -2.38. The molecule has 0 radical (unpaired) electrons. The molecule has 4 rings (SSSR count). The number of carbonyl (C=O) groups excluding carboxylic acids is 1. The number of hydrogen-bond acceptors (Lipinski definition) is 5. The molecule has 1 atom stereocenters. The minimum absolute atomic E-state index is 0.0463. The van der Waals surface area contributed by atoms with Crippen LogP contribution in [0.25, 0.3) is 10.9 Å². The van der Waals surface area contributed by atoms with Gasteiger partial charge >= 0.3 is 0 Å². The van der Waals surface area contributed by atoms with Gasteiger partial charge in [0.2, 0.25) is 0 Å². The van der Waals surface area contributed by atoms with Crippen molar-refractivity contribution in [1.82, 2.24) is 14.5 Å². The molecule has 7 heteroatoms. The first-order chi connectivity index (χ1) is 18.8. The first-order valence-electron chi connectivity index (χ1n) is 13.7. The molecule has 39 heavy (non-hydrogen) atoms. The number of piperidine rings is 1. The van der Waals surface area contributed by atoms with E-state index in [4.69, 9.17) is 4.74 Å². The molecule has 3 aromatic rings. The standard InChI is InChI=1S/C32H40N4O3/c1-7-25(33-8-2)20-35-17-15-24(16-18-35)22(4)36-23(5)31(26-11-9-10-12-28(26)36)29(37)14-13-27-30(39-6)19-21(3)34-32(27)38/h7-12,19,22,24H,1-2,13-18,20H2,3-6H3,(H,34,38)/t22-/m1/s1. The van der Waals surface area contributed by atoms with E-state index in [-0.39, 0.29) is 23.8 Å². The Morgan fingerprint density at radius 2 is 1.95 bits per heavy atom. The number of H-pyrrole nitrogens is 1. The van der Waals surface area contributed by atoms with E-state index >= 15 is 0 Å². The second kappa shape index (κ2) is 12.4. The molecule has 1 aromatic carbocycles. The fourth-order valence-electron chi connectivity index (χ4n) is 6.05. The molecule has 7 nitrogen and oxygen atoms in total. The number of aromatic nitrogens is 2. The number of fused-ring (bicyclic) bond motifs is 1. The second-order valence-electron chi connectivity index (χ2n) is 10.5. The molecule has 1 saturated heterocycles. The number of methoxy groups -OCH3 is 1. The van der Waals surface area contributed by atoms with Crippen molar-refractivity contribution < 1.29 is 9.53 Å². The predicted octanol–water partition coefficient (Wildman–Crippen LogP) is 5.81. The van der Waals surface area contributed by atoms with E-state index in [1.54, 1.807) is 25.5 Å². The number of carbonyl (C=O) groups is 1. The lowest BCUT2D eigenvalue weighted by atomic mass is 9.89. The fraction of sp³-hybridized carbons (Fsp3) is 0.406. The summed E-state index contributed by atoms with van der Waals surface area (Å²) >= 11 is 0. The highest BCUT2D eigenvalue weighted by atomic mass is 16.5. The van der Waals surface area contributed by atoms with Crippen LogP contribution < -0.4 is 10.3 Å². The van der Waals surface area contributed by atoms with Crippen molar-refractivity contribution in [2.45, 2.75) is 52.5 Å². The van der Waals surface area contributed by atoms with E-state index in [1.807, 2.05) is 25.1 Å². The Balaban J connectivity index is 1.55. The molecular weight excluding hydrogens is 488 g/mol. The zero-order valence-electron chi connectivity index (χ0n) is 23.6. The van der Waals surface area contributed by atoms with Crippen molar-refractivity contribution >= 4 is 22.4 Å². The van der Waals surface area contributed by atoms with Crippen molar-refractivity contribution in [3.63, 3.8) is 0 Å². The summed E-state index contributed by atoms with van der Waals surface area (Å²) in [5, 5.41) is 0.977. The molecule has 206 valence electrons. The minimum atomic E-state index is -0.199. The highest BCUT2D eigenvalue weighted by molar-refractivity contribution is 6.09. The number of likely N-dealkylation sites (tertiary alicyclic amines) is 1. The van der Waals surface area contributed by atoms with Gasteiger partial charge in [0.1, 0.15) is 5.75 Å². The Bertz CT molecular complexity index is 1450. The number of benzene rings is 1. The quantitative estimate of drug-likeness (QED) is 0.251. The summed E-state index contributed by atoms with van der Waals surface area (Å²) in [7, 11) is 1.55. The number of pyridine rings is 1. The van der Waals surface area contributed by atoms with E-state index in [1.165, 1.54) is 0 Å². The Morgan fingerprint density at radius 3 is 2.62 bits per heavy atom. The van der Waals surface area contributed by atoms with Crippen LogP contribution in [-0.2, 0) is 6.42 Å². The lowest BCUT2D eigenvalue weighted by Gasteiger charge is -2.36. The third-order valence-electron chi connectivity index (χ3n) is 8.09. The Labute approximate surface area is 230 Å². The smallest absolute Gasteiger partial charge is 0.255 e. The van der Waals surface area contributed by atoms with Gasteiger partial charge in [-0.1, -0.05) is 31.4 Å². The van der Waals surface area contributed by atoms with Gasteiger partial charge < -0.3 is 14.3 Å². The summed E-state index contributed by atoms with van der Waals surface area (Å²) in [6.45, 7) is 16.5. The van der Waals surface area contributed by atoms with Gasteiger partial charge in [0.05, 0.1) is 18.4 Å². The topological polar surface area (TPSA) is 79.7 Å². The number of para-hydroxylation sites is 1. The van der Waals surface area contributed by atoms with Crippen LogP contribution in [-0.4, -0.2) is 52.7 Å².